The van der Waals surface area contributed by atoms with Gasteiger partial charge in [-0.25, -0.2) is 8.42 Å². The van der Waals surface area contributed by atoms with Gasteiger partial charge in [-0.1, -0.05) is 25.1 Å². The van der Waals surface area contributed by atoms with Crippen molar-refractivity contribution in [3.63, 3.8) is 0 Å². The number of hydrogen-bond donors (Lipinski definition) is 1. The Bertz CT molecular complexity index is 820. The number of hydrogen-bond acceptors (Lipinski definition) is 4. The third-order valence-corrected chi connectivity index (χ3v) is 5.79. The van der Waals surface area contributed by atoms with Crippen LogP contribution in [0.1, 0.15) is 20.3 Å². The Balaban J connectivity index is 2.37. The molecule has 6 nitrogen and oxygen atoms in total. The number of nitrogens with zero attached hydrogens (tertiary/aromatic N) is 1. The van der Waals surface area contributed by atoms with Crippen molar-refractivity contribution in [3.05, 3.63) is 54.6 Å². The molecule has 0 aromatic heterocycles. The van der Waals surface area contributed by atoms with Crippen molar-refractivity contribution in [2.24, 2.45) is 0 Å². The Morgan fingerprint density at radius 1 is 1.12 bits per heavy atom. The lowest BCUT2D eigenvalue weighted by Crippen LogP contribution is -2.43. The molecule has 1 amide bonds. The fourth-order valence-corrected chi connectivity index (χ4v) is 3.76. The second-order valence-corrected chi connectivity index (χ2v) is 7.76. The monoisotopic (exact) mass is 376 g/mol. The van der Waals surface area contributed by atoms with E-state index in [2.05, 4.69) is 5.32 Å². The minimum absolute atomic E-state index is 0.0242. The number of anilines is 1. The first kappa shape index (κ1) is 19.8. The summed E-state index contributed by atoms with van der Waals surface area (Å²) >= 11 is 0. The van der Waals surface area contributed by atoms with Gasteiger partial charge in [0.25, 0.3) is 10.0 Å². The van der Waals surface area contributed by atoms with Crippen LogP contribution in [0.3, 0.4) is 0 Å². The first-order valence-corrected chi connectivity index (χ1v) is 9.83. The molecule has 0 fully saturated rings. The number of sulfonamides is 1. The Labute approximate surface area is 154 Å². The van der Waals surface area contributed by atoms with E-state index in [-0.39, 0.29) is 23.4 Å². The van der Waals surface area contributed by atoms with Crippen LogP contribution in [0.15, 0.2) is 59.5 Å². The molecule has 1 atom stereocenters. The van der Waals surface area contributed by atoms with Crippen LogP contribution in [0.4, 0.5) is 5.69 Å². The van der Waals surface area contributed by atoms with E-state index < -0.39 is 10.0 Å². The van der Waals surface area contributed by atoms with Gasteiger partial charge >= 0.3 is 0 Å². The first-order valence-electron chi connectivity index (χ1n) is 8.39. The molecule has 2 aromatic carbocycles. The van der Waals surface area contributed by atoms with Crippen LogP contribution < -0.4 is 14.4 Å². The van der Waals surface area contributed by atoms with Gasteiger partial charge in [0, 0.05) is 6.04 Å². The van der Waals surface area contributed by atoms with E-state index >= 15 is 0 Å². The molecule has 0 unspecified atom stereocenters. The van der Waals surface area contributed by atoms with Gasteiger partial charge < -0.3 is 10.1 Å². The number of rotatable bonds is 8. The predicted molar refractivity (Wildman–Crippen MR) is 102 cm³/mol. The lowest BCUT2D eigenvalue weighted by Gasteiger charge is -2.25. The molecule has 140 valence electrons. The maximum absolute atomic E-state index is 13.1. The topological polar surface area (TPSA) is 75.7 Å². The highest BCUT2D eigenvalue weighted by molar-refractivity contribution is 7.92. The second kappa shape index (κ2) is 8.71. The first-order chi connectivity index (χ1) is 12.4. The number of benzene rings is 2. The van der Waals surface area contributed by atoms with E-state index in [9.17, 15) is 13.2 Å². The summed E-state index contributed by atoms with van der Waals surface area (Å²) in [7, 11) is -2.39. The number of para-hydroxylation sites is 1. The largest absolute Gasteiger partial charge is 0.497 e. The fourth-order valence-electron chi connectivity index (χ4n) is 2.34. The number of amides is 1. The van der Waals surface area contributed by atoms with Crippen LogP contribution in [-0.2, 0) is 14.8 Å². The highest BCUT2D eigenvalue weighted by Crippen LogP contribution is 2.24. The molecule has 0 aliphatic carbocycles. The molecule has 0 aliphatic rings. The minimum Gasteiger partial charge on any atom is -0.497 e. The van der Waals surface area contributed by atoms with Crippen LogP contribution in [0, 0.1) is 0 Å². The van der Waals surface area contributed by atoms with Crippen LogP contribution in [0.5, 0.6) is 5.75 Å². The van der Waals surface area contributed by atoms with Gasteiger partial charge in [-0.05, 0) is 49.7 Å². The van der Waals surface area contributed by atoms with Gasteiger partial charge in [-0.3, -0.25) is 9.10 Å². The summed E-state index contributed by atoms with van der Waals surface area (Å²) in [6.45, 7) is 3.54. The summed E-state index contributed by atoms with van der Waals surface area (Å²) in [5, 5.41) is 2.81. The summed E-state index contributed by atoms with van der Waals surface area (Å²) in [6, 6.07) is 14.7. The standard InChI is InChI=1S/C19H24N2O4S/c1-4-15(2)20-19(22)14-21(16-8-6-5-7-9-16)26(23,24)18-12-10-17(25-3)11-13-18/h5-13,15H,4,14H2,1-3H3,(H,20,22)/t15-/m1/s1. The smallest absolute Gasteiger partial charge is 0.264 e. The Morgan fingerprint density at radius 3 is 2.27 bits per heavy atom. The highest BCUT2D eigenvalue weighted by Gasteiger charge is 2.27. The van der Waals surface area contributed by atoms with E-state index in [0.29, 0.717) is 11.4 Å². The molecule has 0 saturated carbocycles. The van der Waals surface area contributed by atoms with Gasteiger partial charge in [0.1, 0.15) is 12.3 Å². The summed E-state index contributed by atoms with van der Waals surface area (Å²) in [5.41, 5.74) is 0.433. The van der Waals surface area contributed by atoms with Crippen molar-refractivity contribution < 1.29 is 17.9 Å². The number of carbonyl (C=O) groups excluding carboxylic acids is 1. The van der Waals surface area contributed by atoms with Gasteiger partial charge in [0.05, 0.1) is 17.7 Å². The summed E-state index contributed by atoms with van der Waals surface area (Å²) in [5.74, 6) is 0.213. The molecule has 0 aliphatic heterocycles. The Hall–Kier alpha value is -2.54. The predicted octanol–water partition coefficient (Wildman–Crippen LogP) is 2.81. The molecule has 0 spiro atoms. The maximum atomic E-state index is 13.1. The van der Waals surface area contributed by atoms with Gasteiger partial charge in [0.2, 0.25) is 5.91 Å². The molecule has 0 heterocycles. The van der Waals surface area contributed by atoms with Crippen molar-refractivity contribution in [1.29, 1.82) is 0 Å². The van der Waals surface area contributed by atoms with Crippen LogP contribution in [0.2, 0.25) is 0 Å². The lowest BCUT2D eigenvalue weighted by molar-refractivity contribution is -0.120. The van der Waals surface area contributed by atoms with E-state index in [1.54, 1.807) is 42.5 Å². The third-order valence-electron chi connectivity index (χ3n) is 4.00. The summed E-state index contributed by atoms with van der Waals surface area (Å²) in [6.07, 6.45) is 0.766. The highest BCUT2D eigenvalue weighted by atomic mass is 32.2. The zero-order chi connectivity index (χ0) is 19.2. The molecule has 26 heavy (non-hydrogen) atoms. The average Bonchev–Trinajstić information content (AvgIpc) is 2.66. The van der Waals surface area contributed by atoms with Crippen molar-refractivity contribution in [3.8, 4) is 5.75 Å². The zero-order valence-corrected chi connectivity index (χ0v) is 16.0. The molecule has 2 rings (SSSR count). The minimum atomic E-state index is -3.90. The molecule has 0 saturated heterocycles. The molecule has 0 radical (unpaired) electrons. The normalized spacial score (nSPS) is 12.3. The molecule has 2 aromatic rings. The molecule has 1 N–H and O–H groups in total. The van der Waals surface area contributed by atoms with Crippen molar-refractivity contribution in [2.45, 2.75) is 31.2 Å². The maximum Gasteiger partial charge on any atom is 0.264 e. The van der Waals surface area contributed by atoms with E-state index in [0.717, 1.165) is 10.7 Å². The van der Waals surface area contributed by atoms with Crippen LogP contribution in [-0.4, -0.2) is 34.0 Å². The number of methoxy groups -OCH3 is 1. The van der Waals surface area contributed by atoms with E-state index in [4.69, 9.17) is 4.74 Å². The average molecular weight is 376 g/mol. The Kier molecular flexibility index (Phi) is 6.63. The summed E-state index contributed by atoms with van der Waals surface area (Å²) in [4.78, 5) is 12.4. The fraction of sp³-hybridized carbons (Fsp3) is 0.316. The van der Waals surface area contributed by atoms with Gasteiger partial charge in [-0.2, -0.15) is 0 Å². The third kappa shape index (κ3) is 4.76. The molecular formula is C19H24N2O4S. The molecular weight excluding hydrogens is 352 g/mol. The van der Waals surface area contributed by atoms with Gasteiger partial charge in [-0.15, -0.1) is 0 Å². The molecule has 7 heteroatoms. The zero-order valence-electron chi connectivity index (χ0n) is 15.2. The van der Waals surface area contributed by atoms with Crippen molar-refractivity contribution in [2.75, 3.05) is 18.0 Å². The van der Waals surface area contributed by atoms with Crippen LogP contribution >= 0.6 is 0 Å². The number of ether oxygens (including phenoxy) is 1. The SMILES string of the molecule is CC[C@@H](C)NC(=O)CN(c1ccccc1)S(=O)(=O)c1ccc(OC)cc1. The van der Waals surface area contributed by atoms with E-state index in [1.807, 2.05) is 13.8 Å². The van der Waals surface area contributed by atoms with Gasteiger partial charge in [0.15, 0.2) is 0 Å². The number of carbonyl (C=O) groups is 1. The Morgan fingerprint density at radius 2 is 1.73 bits per heavy atom. The molecule has 0 bridgehead atoms. The second-order valence-electron chi connectivity index (χ2n) is 5.90. The summed E-state index contributed by atoms with van der Waals surface area (Å²) < 4.78 is 32.4. The van der Waals surface area contributed by atoms with E-state index in [1.165, 1.54) is 19.2 Å². The number of nitrogens with one attached hydrogen (secondary N) is 1. The van der Waals surface area contributed by atoms with Crippen molar-refractivity contribution >= 4 is 21.6 Å². The van der Waals surface area contributed by atoms with Crippen LogP contribution in [0.25, 0.3) is 0 Å². The lowest BCUT2D eigenvalue weighted by atomic mass is 10.2. The van der Waals surface area contributed by atoms with Crippen molar-refractivity contribution in [1.82, 2.24) is 5.32 Å². The quantitative estimate of drug-likeness (QED) is 0.769.